The van der Waals surface area contributed by atoms with E-state index in [4.69, 9.17) is 21.4 Å². The molecule has 6 heteroatoms. The van der Waals surface area contributed by atoms with Gasteiger partial charge in [0.25, 0.3) is 0 Å². The number of H-pyrrole nitrogens is 3. The highest BCUT2D eigenvalue weighted by Gasteiger charge is 2.34. The minimum atomic E-state index is -0.182. The fourth-order valence-electron chi connectivity index (χ4n) is 12.4. The van der Waals surface area contributed by atoms with Gasteiger partial charge in [-0.2, -0.15) is 0 Å². The van der Waals surface area contributed by atoms with Gasteiger partial charge in [-0.25, -0.2) is 15.0 Å². The number of nitrogens with one attached hydrogen (secondary N) is 3. The number of terminal acetylenes is 1. The molecule has 2 aliphatic rings. The second-order valence-corrected chi connectivity index (χ2v) is 34.3. The van der Waals surface area contributed by atoms with Crippen molar-refractivity contribution in [3.05, 3.63) is 183 Å². The summed E-state index contributed by atoms with van der Waals surface area (Å²) >= 11 is 0. The van der Waals surface area contributed by atoms with Gasteiger partial charge in [-0.15, -0.1) is 6.42 Å². The fourth-order valence-corrected chi connectivity index (χ4v) is 12.4. The molecular formula is C85H98N6. The summed E-state index contributed by atoms with van der Waals surface area (Å²) in [5.41, 5.74) is 27.4. The van der Waals surface area contributed by atoms with Crippen LogP contribution in [0, 0.1) is 12.3 Å². The fraction of sp³-hybridized carbons (Fsp3) is 0.376. The van der Waals surface area contributed by atoms with E-state index in [1.165, 1.54) is 44.5 Å². The Balaban J connectivity index is 1.45. The van der Waals surface area contributed by atoms with Crippen LogP contribution in [0.3, 0.4) is 0 Å². The molecule has 6 nitrogen and oxygen atoms in total. The largest absolute Gasteiger partial charge is 0.354 e. The highest BCUT2D eigenvalue weighted by molar-refractivity contribution is 6.04. The second-order valence-electron chi connectivity index (χ2n) is 34.3. The molecule has 0 spiro atoms. The molecule has 6 heterocycles. The number of aromatic amines is 3. The van der Waals surface area contributed by atoms with Gasteiger partial charge in [-0.1, -0.05) is 257 Å². The summed E-state index contributed by atoms with van der Waals surface area (Å²) in [6, 6.07) is 46.1. The quantitative estimate of drug-likeness (QED) is 0.150. The number of rotatable bonds is 5. The van der Waals surface area contributed by atoms with Crippen LogP contribution in [0.1, 0.15) is 228 Å². The number of nitrogens with zero attached hydrogens (tertiary/aromatic N) is 3. The Morgan fingerprint density at radius 3 is 0.868 bits per heavy atom. The van der Waals surface area contributed by atoms with Gasteiger partial charge in [0.05, 0.1) is 22.8 Å². The van der Waals surface area contributed by atoms with Gasteiger partial charge in [0.1, 0.15) is 17.2 Å². The Labute approximate surface area is 544 Å². The standard InChI is InChI=1S/C85H98N6/c1-26-49-27-29-50(30-28-49)77-90-75-73-71(53-41-59(82(14,15)16)47-60(42-53)83(17,18)19)67-35-33-65(87-67)69(51-37-55(78(2,3)4)45-56(38-51)79(5,6)7)63-31-32-64(86-63)70(52-39-57(80(8,9)10)46-58(40-52)81(11,12)13)66-34-36-68(88-66)72(74(89-73)76(75)91-77)54-43-61(84(20,21)22)48-62(44-54)85(23,24)25/h1,27-48,87-88H,2-25H3,(H,90,91). The first-order valence-corrected chi connectivity index (χ1v) is 32.9. The van der Waals surface area contributed by atoms with Gasteiger partial charge in [0, 0.05) is 55.4 Å². The predicted molar refractivity (Wildman–Crippen MR) is 391 cm³/mol. The molecule has 9 aromatic rings. The zero-order chi connectivity index (χ0) is 66.2. The maximum atomic E-state index is 6.15. The van der Waals surface area contributed by atoms with E-state index in [1.807, 2.05) is 12.1 Å². The van der Waals surface area contributed by atoms with Crippen LogP contribution >= 0.6 is 0 Å². The lowest BCUT2D eigenvalue weighted by Crippen LogP contribution is -2.16. The SMILES string of the molecule is C#Cc1ccc(-c2nc3c([nH]2)-c2nc-3c(-c3cc(C(C)(C)C)cc(C(C)(C)C)c3)c3ccc([nH]3)c(-c3cc(C(C)(C)C)cc(C(C)(C)C)c3)c3nc(c(-c4cc(C(C)(C)C)cc(C(C)(C)C)c4)c4ccc([nH]4)c2-c2cc(C(C)(C)C)cc(C(C)(C)C)c2)C=C3)cc1. The van der Waals surface area contributed by atoms with Crippen molar-refractivity contribution in [2.75, 3.05) is 0 Å². The van der Waals surface area contributed by atoms with Crippen LogP contribution in [0.2, 0.25) is 0 Å². The lowest BCUT2D eigenvalue weighted by molar-refractivity contribution is 0.568. The van der Waals surface area contributed by atoms with Gasteiger partial charge >= 0.3 is 0 Å². The zero-order valence-electron chi connectivity index (χ0n) is 59.1. The number of fused-ring (bicyclic) bond motifs is 11. The molecule has 0 atom stereocenters. The van der Waals surface area contributed by atoms with Crippen molar-refractivity contribution in [1.82, 2.24) is 29.9 Å². The molecule has 0 amide bonds. The van der Waals surface area contributed by atoms with Crippen molar-refractivity contribution in [1.29, 1.82) is 0 Å². The molecule has 3 N–H and O–H groups in total. The number of imidazole rings is 1. The van der Waals surface area contributed by atoms with Crippen LogP contribution in [0.4, 0.5) is 0 Å². The zero-order valence-corrected chi connectivity index (χ0v) is 59.1. The van der Waals surface area contributed by atoms with Gasteiger partial charge < -0.3 is 15.0 Å². The molecule has 4 aromatic heterocycles. The van der Waals surface area contributed by atoms with Crippen LogP contribution < -0.4 is 0 Å². The first-order chi connectivity index (χ1) is 42.0. The first-order valence-electron chi connectivity index (χ1n) is 32.9. The lowest BCUT2D eigenvalue weighted by Gasteiger charge is -2.26. The molecule has 11 rings (SSSR count). The summed E-state index contributed by atoms with van der Waals surface area (Å²) in [4.78, 5) is 30.2. The predicted octanol–water partition coefficient (Wildman–Crippen LogP) is 23.2. The van der Waals surface area contributed by atoms with Crippen molar-refractivity contribution in [3.8, 4) is 91.0 Å². The number of hydrogen-bond donors (Lipinski definition) is 3. The molecule has 91 heavy (non-hydrogen) atoms. The Kier molecular flexibility index (Phi) is 15.5. The maximum Gasteiger partial charge on any atom is 0.138 e. The third-order valence-corrected chi connectivity index (χ3v) is 18.6. The summed E-state index contributed by atoms with van der Waals surface area (Å²) in [5, 5.41) is 0. The maximum absolute atomic E-state index is 6.15. The highest BCUT2D eigenvalue weighted by atomic mass is 15.0. The monoisotopic (exact) mass is 1200 g/mol. The second kappa shape index (κ2) is 22.0. The summed E-state index contributed by atoms with van der Waals surface area (Å²) in [6.45, 7) is 55.6. The Hall–Kier alpha value is -8.27. The van der Waals surface area contributed by atoms with Gasteiger partial charge in [-0.05, 0) is 159 Å². The van der Waals surface area contributed by atoms with Crippen molar-refractivity contribution >= 4 is 34.2 Å². The van der Waals surface area contributed by atoms with E-state index in [-0.39, 0.29) is 43.3 Å². The average molecular weight is 1200 g/mol. The summed E-state index contributed by atoms with van der Waals surface area (Å²) in [5.74, 6) is 3.56. The average Bonchev–Trinajstić information content (AvgIpc) is 1.61. The van der Waals surface area contributed by atoms with E-state index in [9.17, 15) is 0 Å². The molecule has 0 saturated carbocycles. The van der Waals surface area contributed by atoms with Crippen molar-refractivity contribution in [3.63, 3.8) is 0 Å². The lowest BCUT2D eigenvalue weighted by atomic mass is 9.78. The molecule has 0 unspecified atom stereocenters. The van der Waals surface area contributed by atoms with Crippen molar-refractivity contribution in [2.45, 2.75) is 209 Å². The number of hydrogen-bond acceptors (Lipinski definition) is 3. The molecule has 0 saturated heterocycles. The normalized spacial score (nSPS) is 13.4. The van der Waals surface area contributed by atoms with E-state index in [0.717, 1.165) is 118 Å². The van der Waals surface area contributed by atoms with E-state index >= 15 is 0 Å². The molecule has 0 fully saturated rings. The third kappa shape index (κ3) is 12.6. The van der Waals surface area contributed by atoms with Gasteiger partial charge in [-0.3, -0.25) is 0 Å². The Morgan fingerprint density at radius 1 is 0.286 bits per heavy atom. The molecule has 2 aliphatic heterocycles. The molecule has 0 radical (unpaired) electrons. The summed E-state index contributed by atoms with van der Waals surface area (Å²) < 4.78 is 0. The van der Waals surface area contributed by atoms with Gasteiger partial charge in [0.15, 0.2) is 0 Å². The Bertz CT molecular complexity index is 4240. The van der Waals surface area contributed by atoms with Crippen LogP contribution in [0.15, 0.2) is 121 Å². The number of aromatic nitrogens is 6. The Morgan fingerprint density at radius 2 is 0.571 bits per heavy atom. The molecular weight excluding hydrogens is 1100 g/mol. The van der Waals surface area contributed by atoms with E-state index in [2.05, 4.69) is 308 Å². The van der Waals surface area contributed by atoms with Crippen LogP contribution in [0.25, 0.3) is 113 Å². The number of benzene rings is 5. The summed E-state index contributed by atoms with van der Waals surface area (Å²) in [6.07, 6.45) is 10.5. The van der Waals surface area contributed by atoms with Crippen molar-refractivity contribution in [2.24, 2.45) is 0 Å². The first kappa shape index (κ1) is 64.3. The van der Waals surface area contributed by atoms with Crippen molar-refractivity contribution < 1.29 is 0 Å². The van der Waals surface area contributed by atoms with E-state index in [1.54, 1.807) is 0 Å². The minimum absolute atomic E-state index is 0.143. The molecule has 0 aliphatic carbocycles. The summed E-state index contributed by atoms with van der Waals surface area (Å²) in [7, 11) is 0. The van der Waals surface area contributed by atoms with Gasteiger partial charge in [0.2, 0.25) is 0 Å². The molecule has 5 aromatic carbocycles. The molecule has 468 valence electrons. The smallest absolute Gasteiger partial charge is 0.138 e. The molecule has 8 bridgehead atoms. The minimum Gasteiger partial charge on any atom is -0.354 e. The van der Waals surface area contributed by atoms with E-state index in [0.29, 0.717) is 0 Å². The third-order valence-electron chi connectivity index (χ3n) is 18.6. The topological polar surface area (TPSA) is 86.0 Å². The van der Waals surface area contributed by atoms with Crippen LogP contribution in [-0.4, -0.2) is 29.9 Å². The van der Waals surface area contributed by atoms with Crippen LogP contribution in [-0.2, 0) is 43.3 Å². The van der Waals surface area contributed by atoms with E-state index < -0.39 is 0 Å². The highest BCUT2D eigenvalue weighted by Crippen LogP contribution is 2.50. The van der Waals surface area contributed by atoms with Crippen LogP contribution in [0.5, 0.6) is 0 Å².